The number of carbonyl (C=O) groups excluding carboxylic acids is 1. The minimum Gasteiger partial charge on any atom is -0.372 e. The number of fused-ring (bicyclic) bond motifs is 1. The molecule has 0 saturated heterocycles. The molecule has 0 unspecified atom stereocenters. The summed E-state index contributed by atoms with van der Waals surface area (Å²) in [6, 6.07) is 11.7. The predicted octanol–water partition coefficient (Wildman–Crippen LogP) is 4.01. The monoisotopic (exact) mass is 363 g/mol. The number of hydrogen-bond donors (Lipinski definition) is 1. The molecular weight excluding hydrogens is 335 g/mol. The minimum atomic E-state index is 0. The first-order chi connectivity index (χ1) is 12.2. The minimum absolute atomic E-state index is 0. The van der Waals surface area contributed by atoms with E-state index in [0.29, 0.717) is 29.8 Å². The molecule has 0 saturated carbocycles. The number of nitrogens with one attached hydrogen (secondary N) is 1. The van der Waals surface area contributed by atoms with Gasteiger partial charge in [-0.15, -0.1) is 0 Å². The molecule has 2 aromatic heterocycles. The van der Waals surface area contributed by atoms with E-state index in [2.05, 4.69) is 20.3 Å². The summed E-state index contributed by atoms with van der Waals surface area (Å²) >= 11 is 0. The van der Waals surface area contributed by atoms with E-state index in [4.69, 9.17) is 0 Å². The summed E-state index contributed by atoms with van der Waals surface area (Å²) in [4.78, 5) is 25.5. The molecule has 5 nitrogen and oxygen atoms in total. The molecule has 3 aromatic rings. The van der Waals surface area contributed by atoms with Crippen molar-refractivity contribution >= 4 is 31.2 Å². The first-order valence-corrected chi connectivity index (χ1v) is 8.52. The summed E-state index contributed by atoms with van der Waals surface area (Å²) in [5.74, 6) is 0.845. The Hall–Kier alpha value is -2.76. The van der Waals surface area contributed by atoms with Crippen molar-refractivity contribution in [2.24, 2.45) is 0 Å². The molecule has 0 aliphatic heterocycles. The maximum absolute atomic E-state index is 12.3. The van der Waals surface area contributed by atoms with Crippen LogP contribution in [0.1, 0.15) is 38.1 Å². The highest BCUT2D eigenvalue weighted by atomic mass is 16.1. The van der Waals surface area contributed by atoms with Crippen LogP contribution in [0.4, 0.5) is 5.82 Å². The van der Waals surface area contributed by atoms with Gasteiger partial charge in [-0.1, -0.05) is 51.6 Å². The van der Waals surface area contributed by atoms with Crippen LogP contribution in [-0.4, -0.2) is 36.2 Å². The third kappa shape index (κ3) is 6.48. The fourth-order valence-corrected chi connectivity index (χ4v) is 2.47. The third-order valence-corrected chi connectivity index (χ3v) is 3.72. The van der Waals surface area contributed by atoms with Gasteiger partial charge in [-0.25, -0.2) is 15.0 Å². The molecule has 0 atom stereocenters. The Morgan fingerprint density at radius 1 is 1.07 bits per heavy atom. The lowest BCUT2D eigenvalue weighted by Crippen LogP contribution is -2.09. The maximum Gasteiger partial charge on any atom is 0.180 e. The quantitative estimate of drug-likeness (QED) is 0.694. The second-order valence-electron chi connectivity index (χ2n) is 5.46. The number of nitrogens with zero attached hydrogens (tertiary/aromatic N) is 3. The molecule has 2 heterocycles. The molecule has 6 heteroatoms. The molecule has 1 aromatic carbocycles. The van der Waals surface area contributed by atoms with Gasteiger partial charge in [0.25, 0.3) is 0 Å². The van der Waals surface area contributed by atoms with Crippen LogP contribution in [0.3, 0.4) is 0 Å². The fraction of sp³-hybridized carbons (Fsp3) is 0.333. The Balaban J connectivity index is 0.00000164. The molecule has 1 N–H and O–H groups in total. The van der Waals surface area contributed by atoms with Crippen LogP contribution >= 0.6 is 0 Å². The normalized spacial score (nSPS) is 9.33. The number of pyridine rings is 1. The molecule has 3 rings (SSSR count). The second-order valence-corrected chi connectivity index (χ2v) is 5.46. The van der Waals surface area contributed by atoms with Gasteiger partial charge in [0.1, 0.15) is 17.1 Å². The zero-order valence-electron chi connectivity index (χ0n) is 15.8. The Morgan fingerprint density at radius 2 is 1.74 bits per heavy atom. The van der Waals surface area contributed by atoms with E-state index in [1.165, 1.54) is 0 Å². The van der Waals surface area contributed by atoms with Crippen molar-refractivity contribution in [3.05, 3.63) is 59.4 Å². The van der Waals surface area contributed by atoms with E-state index in [0.717, 1.165) is 16.8 Å². The summed E-state index contributed by atoms with van der Waals surface area (Å²) in [5, 5.41) is 2.94. The van der Waals surface area contributed by atoms with Gasteiger partial charge in [0.05, 0.1) is 6.20 Å². The number of hydrogen-bond acceptors (Lipinski definition) is 5. The van der Waals surface area contributed by atoms with Crippen molar-refractivity contribution < 1.29 is 4.79 Å². The zero-order chi connectivity index (χ0) is 18.2. The Labute approximate surface area is 164 Å². The van der Waals surface area contributed by atoms with E-state index >= 15 is 0 Å². The van der Waals surface area contributed by atoms with Crippen LogP contribution in [-0.2, 0) is 17.6 Å². The Kier molecular flexibility index (Phi) is 10.6. The van der Waals surface area contributed by atoms with Gasteiger partial charge in [-0.2, -0.15) is 0 Å². The van der Waals surface area contributed by atoms with Gasteiger partial charge < -0.3 is 5.32 Å². The molecule has 0 aliphatic rings. The average Bonchev–Trinajstić information content (AvgIpc) is 2.64. The number of Topliss-reactive ketones (excluding diaryl/α,β-unsaturated/α-hetero) is 1. The number of anilines is 1. The van der Waals surface area contributed by atoms with Crippen molar-refractivity contribution in [2.75, 3.05) is 12.4 Å². The summed E-state index contributed by atoms with van der Waals surface area (Å²) in [6.07, 6.45) is 2.46. The van der Waals surface area contributed by atoms with Gasteiger partial charge in [-0.3, -0.25) is 4.79 Å². The number of ketones is 1. The Morgan fingerprint density at radius 3 is 2.37 bits per heavy atom. The maximum atomic E-state index is 12.3. The van der Waals surface area contributed by atoms with Gasteiger partial charge in [-0.05, 0) is 24.1 Å². The van der Waals surface area contributed by atoms with Crippen LogP contribution in [0.5, 0.6) is 0 Å². The molecular formula is C21H28BN4O. The number of carbonyl (C=O) groups is 1. The number of aromatic nitrogens is 3. The molecule has 0 bridgehead atoms. The summed E-state index contributed by atoms with van der Waals surface area (Å²) < 4.78 is 0. The molecule has 0 fully saturated rings. The van der Waals surface area contributed by atoms with Gasteiger partial charge >= 0.3 is 0 Å². The third-order valence-electron chi connectivity index (χ3n) is 3.72. The van der Waals surface area contributed by atoms with Gasteiger partial charge in [0, 0.05) is 34.0 Å². The van der Waals surface area contributed by atoms with Gasteiger partial charge in [0.15, 0.2) is 5.65 Å². The second kappa shape index (κ2) is 11.8. The molecule has 27 heavy (non-hydrogen) atoms. The van der Waals surface area contributed by atoms with E-state index in [1.807, 2.05) is 57.2 Å². The number of benzene rings is 1. The molecule has 0 aliphatic carbocycles. The molecule has 141 valence electrons. The lowest BCUT2D eigenvalue weighted by molar-refractivity contribution is -0.117. The largest absolute Gasteiger partial charge is 0.372 e. The highest BCUT2D eigenvalue weighted by Crippen LogP contribution is 2.16. The highest BCUT2D eigenvalue weighted by molar-refractivity contribution is 5.84. The van der Waals surface area contributed by atoms with Crippen molar-refractivity contribution in [1.82, 2.24) is 15.0 Å². The van der Waals surface area contributed by atoms with Crippen LogP contribution in [0.15, 0.2) is 42.6 Å². The summed E-state index contributed by atoms with van der Waals surface area (Å²) in [7, 11) is 1.79. The van der Waals surface area contributed by atoms with E-state index < -0.39 is 0 Å². The van der Waals surface area contributed by atoms with E-state index in [9.17, 15) is 4.79 Å². The molecule has 0 spiro atoms. The predicted molar refractivity (Wildman–Crippen MR) is 114 cm³/mol. The first-order valence-electron chi connectivity index (χ1n) is 8.52. The van der Waals surface area contributed by atoms with Crippen LogP contribution in [0, 0.1) is 6.92 Å². The summed E-state index contributed by atoms with van der Waals surface area (Å²) in [6.45, 7) is 5.90. The first kappa shape index (κ1) is 24.2. The topological polar surface area (TPSA) is 67.8 Å². The number of aryl methyl sites for hydroxylation is 1. The van der Waals surface area contributed by atoms with E-state index in [-0.39, 0.29) is 21.6 Å². The lowest BCUT2D eigenvalue weighted by Gasteiger charge is -2.07. The molecule has 0 amide bonds. The average molecular weight is 363 g/mol. The van der Waals surface area contributed by atoms with Crippen LogP contribution < -0.4 is 5.32 Å². The van der Waals surface area contributed by atoms with Crippen molar-refractivity contribution in [2.45, 2.75) is 41.0 Å². The number of rotatable bonds is 5. The van der Waals surface area contributed by atoms with Crippen molar-refractivity contribution in [3.8, 4) is 0 Å². The lowest BCUT2D eigenvalue weighted by atomic mass is 10.0. The zero-order valence-corrected chi connectivity index (χ0v) is 15.8. The SMILES string of the molecule is C.CC.CNc1cnc2cc(CC(=O)Cc3ccccc3)c(C)nc2n1.[B]. The smallest absolute Gasteiger partial charge is 0.180 e. The summed E-state index contributed by atoms with van der Waals surface area (Å²) in [5.41, 5.74) is 4.06. The van der Waals surface area contributed by atoms with Crippen LogP contribution in [0.25, 0.3) is 11.2 Å². The van der Waals surface area contributed by atoms with Gasteiger partial charge in [0.2, 0.25) is 0 Å². The molecule has 3 radical (unpaired) electrons. The fourth-order valence-electron chi connectivity index (χ4n) is 2.47. The van der Waals surface area contributed by atoms with Crippen LogP contribution in [0.2, 0.25) is 0 Å². The van der Waals surface area contributed by atoms with Crippen molar-refractivity contribution in [1.29, 1.82) is 0 Å². The Bertz CT molecular complexity index is 853. The van der Waals surface area contributed by atoms with Crippen molar-refractivity contribution in [3.63, 3.8) is 0 Å². The highest BCUT2D eigenvalue weighted by Gasteiger charge is 2.11. The standard InChI is InChI=1S/C18H18N4O.C2H6.CH4.B/c1-12-14(9-15(23)8-13-6-4-3-5-7-13)10-16-18(21-12)22-17(19-2)11-20-16;1-2;;/h3-7,10-11H,8-9H2,1-2H3,(H,19,21,22);1-2H3;1H4;. The van der Waals surface area contributed by atoms with E-state index in [1.54, 1.807) is 13.2 Å².